The SMILES string of the molecule is N#CC1=C(NC(=O)c2ccc(Cl)s2)OCC1. The van der Waals surface area contributed by atoms with E-state index in [0.717, 1.165) is 0 Å². The van der Waals surface area contributed by atoms with Gasteiger partial charge in [0.05, 0.1) is 21.4 Å². The molecule has 0 fully saturated rings. The van der Waals surface area contributed by atoms with E-state index >= 15 is 0 Å². The van der Waals surface area contributed by atoms with Crippen LogP contribution in [0.3, 0.4) is 0 Å². The van der Waals surface area contributed by atoms with Crippen molar-refractivity contribution in [1.29, 1.82) is 5.26 Å². The summed E-state index contributed by atoms with van der Waals surface area (Å²) in [7, 11) is 0. The first-order valence-electron chi connectivity index (χ1n) is 4.53. The van der Waals surface area contributed by atoms with E-state index in [0.29, 0.717) is 27.8 Å². The Kier molecular flexibility index (Phi) is 3.13. The summed E-state index contributed by atoms with van der Waals surface area (Å²) >= 11 is 6.90. The Balaban J connectivity index is 2.11. The molecule has 0 aliphatic carbocycles. The Morgan fingerprint density at radius 3 is 3.06 bits per heavy atom. The fraction of sp³-hybridized carbons (Fsp3) is 0.200. The van der Waals surface area contributed by atoms with Crippen LogP contribution in [0.1, 0.15) is 16.1 Å². The smallest absolute Gasteiger partial charge is 0.268 e. The molecular weight excluding hydrogens is 248 g/mol. The van der Waals surface area contributed by atoms with Crippen molar-refractivity contribution in [2.75, 3.05) is 6.61 Å². The molecule has 0 saturated carbocycles. The predicted octanol–water partition coefficient (Wildman–Crippen LogP) is 2.29. The maximum Gasteiger partial charge on any atom is 0.268 e. The van der Waals surface area contributed by atoms with Gasteiger partial charge in [-0.05, 0) is 12.1 Å². The third-order valence-corrected chi connectivity index (χ3v) is 3.26. The molecule has 0 unspecified atom stereocenters. The van der Waals surface area contributed by atoms with E-state index in [4.69, 9.17) is 21.6 Å². The first-order valence-corrected chi connectivity index (χ1v) is 5.73. The molecule has 82 valence electrons. The molecule has 1 amide bonds. The van der Waals surface area contributed by atoms with E-state index in [1.54, 1.807) is 12.1 Å². The zero-order valence-corrected chi connectivity index (χ0v) is 9.69. The Labute approximate surface area is 101 Å². The molecule has 0 atom stereocenters. The standard InChI is InChI=1S/C10H7ClN2O2S/c11-8-2-1-7(16-8)9(14)13-10-6(5-12)3-4-15-10/h1-2H,3-4H2,(H,13,14). The van der Waals surface area contributed by atoms with Crippen LogP contribution >= 0.6 is 22.9 Å². The van der Waals surface area contributed by atoms with Crippen LogP contribution in [0.2, 0.25) is 4.34 Å². The number of amides is 1. The Bertz CT molecular complexity index is 501. The molecule has 0 saturated heterocycles. The van der Waals surface area contributed by atoms with Gasteiger partial charge in [0.15, 0.2) is 0 Å². The lowest BCUT2D eigenvalue weighted by molar-refractivity contribution is 0.0934. The third-order valence-electron chi connectivity index (χ3n) is 2.03. The fourth-order valence-corrected chi connectivity index (χ4v) is 2.21. The summed E-state index contributed by atoms with van der Waals surface area (Å²) in [6, 6.07) is 5.27. The maximum atomic E-state index is 11.7. The lowest BCUT2D eigenvalue weighted by atomic mass is 10.2. The predicted molar refractivity (Wildman–Crippen MR) is 60.0 cm³/mol. The number of hydrogen-bond donors (Lipinski definition) is 1. The highest BCUT2D eigenvalue weighted by Gasteiger charge is 2.19. The molecule has 2 heterocycles. The van der Waals surface area contributed by atoms with Gasteiger partial charge in [-0.3, -0.25) is 10.1 Å². The van der Waals surface area contributed by atoms with Crippen molar-refractivity contribution in [3.05, 3.63) is 32.8 Å². The van der Waals surface area contributed by atoms with Crippen molar-refractivity contribution in [3.63, 3.8) is 0 Å². The number of nitrogens with zero attached hydrogens (tertiary/aromatic N) is 1. The normalized spacial score (nSPS) is 14.5. The van der Waals surface area contributed by atoms with E-state index in [2.05, 4.69) is 5.32 Å². The Hall–Kier alpha value is -1.51. The van der Waals surface area contributed by atoms with Crippen LogP contribution in [0.25, 0.3) is 0 Å². The quantitative estimate of drug-likeness (QED) is 0.881. The molecule has 6 heteroatoms. The summed E-state index contributed by atoms with van der Waals surface area (Å²) in [5.41, 5.74) is 0.469. The van der Waals surface area contributed by atoms with Gasteiger partial charge < -0.3 is 4.74 Å². The monoisotopic (exact) mass is 254 g/mol. The number of rotatable bonds is 2. The minimum absolute atomic E-state index is 0.261. The van der Waals surface area contributed by atoms with Crippen molar-refractivity contribution < 1.29 is 9.53 Å². The first kappa shape index (κ1) is 11.0. The van der Waals surface area contributed by atoms with Crippen LogP contribution in [0, 0.1) is 11.3 Å². The van der Waals surface area contributed by atoms with E-state index in [-0.39, 0.29) is 11.8 Å². The number of hydrogen-bond acceptors (Lipinski definition) is 4. The number of nitrogens with one attached hydrogen (secondary N) is 1. The molecule has 1 N–H and O–H groups in total. The molecule has 2 rings (SSSR count). The lowest BCUT2D eigenvalue weighted by Crippen LogP contribution is -2.22. The minimum Gasteiger partial charge on any atom is -0.478 e. The number of halogens is 1. The molecule has 1 aliphatic rings. The fourth-order valence-electron chi connectivity index (χ4n) is 1.28. The minimum atomic E-state index is -0.304. The van der Waals surface area contributed by atoms with Gasteiger partial charge in [-0.2, -0.15) is 5.26 Å². The summed E-state index contributed by atoms with van der Waals surface area (Å²) in [6.45, 7) is 0.434. The molecule has 0 spiro atoms. The first-order chi connectivity index (χ1) is 7.70. The second-order valence-electron chi connectivity index (χ2n) is 3.08. The molecule has 1 aliphatic heterocycles. The number of carbonyl (C=O) groups excluding carboxylic acids is 1. The van der Waals surface area contributed by atoms with Gasteiger partial charge in [0, 0.05) is 6.42 Å². The average molecular weight is 255 g/mol. The highest BCUT2D eigenvalue weighted by atomic mass is 35.5. The van der Waals surface area contributed by atoms with Crippen LogP contribution in [0.4, 0.5) is 0 Å². The van der Waals surface area contributed by atoms with Crippen LogP contribution in [0.15, 0.2) is 23.6 Å². The number of carbonyl (C=O) groups is 1. The Morgan fingerprint density at radius 2 is 2.44 bits per heavy atom. The largest absolute Gasteiger partial charge is 0.478 e. The van der Waals surface area contributed by atoms with Crippen LogP contribution in [0.5, 0.6) is 0 Å². The summed E-state index contributed by atoms with van der Waals surface area (Å²) in [6.07, 6.45) is 0.539. The van der Waals surface area contributed by atoms with Crippen LogP contribution in [-0.2, 0) is 4.74 Å². The highest BCUT2D eigenvalue weighted by molar-refractivity contribution is 7.18. The molecule has 1 aromatic rings. The number of thiophene rings is 1. The Morgan fingerprint density at radius 1 is 1.62 bits per heavy atom. The van der Waals surface area contributed by atoms with E-state index < -0.39 is 0 Å². The summed E-state index contributed by atoms with van der Waals surface area (Å²) in [5, 5.41) is 11.3. The van der Waals surface area contributed by atoms with Gasteiger partial charge in [-0.1, -0.05) is 11.6 Å². The number of ether oxygens (including phenoxy) is 1. The number of nitriles is 1. The average Bonchev–Trinajstić information content (AvgIpc) is 2.86. The van der Waals surface area contributed by atoms with Gasteiger partial charge in [0.1, 0.15) is 6.07 Å². The van der Waals surface area contributed by atoms with Gasteiger partial charge in [0.25, 0.3) is 5.91 Å². The van der Waals surface area contributed by atoms with Crippen molar-refractivity contribution in [3.8, 4) is 6.07 Å². The highest BCUT2D eigenvalue weighted by Crippen LogP contribution is 2.22. The second-order valence-corrected chi connectivity index (χ2v) is 4.79. The van der Waals surface area contributed by atoms with Gasteiger partial charge in [0.2, 0.25) is 5.88 Å². The second kappa shape index (κ2) is 4.56. The van der Waals surface area contributed by atoms with E-state index in [1.807, 2.05) is 6.07 Å². The summed E-state index contributed by atoms with van der Waals surface area (Å²) < 4.78 is 5.70. The molecule has 0 bridgehead atoms. The lowest BCUT2D eigenvalue weighted by Gasteiger charge is -2.04. The maximum absolute atomic E-state index is 11.7. The van der Waals surface area contributed by atoms with Crippen LogP contribution in [-0.4, -0.2) is 12.5 Å². The summed E-state index contributed by atoms with van der Waals surface area (Å²) in [5.74, 6) is -0.0430. The molecule has 0 radical (unpaired) electrons. The van der Waals surface area contributed by atoms with E-state index in [1.165, 1.54) is 11.3 Å². The van der Waals surface area contributed by atoms with Crippen molar-refractivity contribution in [2.24, 2.45) is 0 Å². The third kappa shape index (κ3) is 2.18. The molecule has 0 aromatic carbocycles. The molecule has 16 heavy (non-hydrogen) atoms. The van der Waals surface area contributed by atoms with Gasteiger partial charge >= 0.3 is 0 Å². The topological polar surface area (TPSA) is 62.1 Å². The van der Waals surface area contributed by atoms with Crippen molar-refractivity contribution in [1.82, 2.24) is 5.32 Å². The van der Waals surface area contributed by atoms with Crippen molar-refractivity contribution >= 4 is 28.8 Å². The van der Waals surface area contributed by atoms with E-state index in [9.17, 15) is 4.79 Å². The zero-order valence-electron chi connectivity index (χ0n) is 8.12. The van der Waals surface area contributed by atoms with Crippen molar-refractivity contribution in [2.45, 2.75) is 6.42 Å². The van der Waals surface area contributed by atoms with Gasteiger partial charge in [-0.15, -0.1) is 11.3 Å². The molecule has 4 nitrogen and oxygen atoms in total. The summed E-state index contributed by atoms with van der Waals surface area (Å²) in [4.78, 5) is 12.2. The molecule has 1 aromatic heterocycles. The van der Waals surface area contributed by atoms with Crippen LogP contribution < -0.4 is 5.32 Å². The zero-order chi connectivity index (χ0) is 11.5. The molecular formula is C10H7ClN2O2S. The van der Waals surface area contributed by atoms with Gasteiger partial charge in [-0.25, -0.2) is 0 Å².